The Kier molecular flexibility index (Phi) is 8.72. The van der Waals surface area contributed by atoms with E-state index in [1.54, 1.807) is 0 Å². The largest absolute Gasteiger partial charge is 0.461 e. The number of ether oxygens (including phenoxy) is 2. The highest BCUT2D eigenvalue weighted by atomic mass is 35.5. The third kappa shape index (κ3) is 6.29. The van der Waals surface area contributed by atoms with Crippen molar-refractivity contribution in [3.05, 3.63) is 68.2 Å². The van der Waals surface area contributed by atoms with Crippen molar-refractivity contribution in [1.29, 1.82) is 0 Å². The maximum absolute atomic E-state index is 14.6. The summed E-state index contributed by atoms with van der Waals surface area (Å²) in [6, 6.07) is 1.89. The highest BCUT2D eigenvalue weighted by molar-refractivity contribution is 8.00. The van der Waals surface area contributed by atoms with Crippen molar-refractivity contribution >= 4 is 35.3 Å². The Morgan fingerprint density at radius 3 is 2.41 bits per heavy atom. The second kappa shape index (κ2) is 10.9. The van der Waals surface area contributed by atoms with Gasteiger partial charge in [0.15, 0.2) is 0 Å². The molecule has 1 aromatic heterocycles. The van der Waals surface area contributed by atoms with E-state index in [2.05, 4.69) is 11.3 Å². The van der Waals surface area contributed by atoms with Crippen LogP contribution in [0.2, 0.25) is 5.02 Å². The maximum atomic E-state index is 14.6. The summed E-state index contributed by atoms with van der Waals surface area (Å²) < 4.78 is 63.7. The molecule has 0 fully saturated rings. The predicted molar refractivity (Wildman–Crippen MR) is 115 cm³/mol. The Hall–Kier alpha value is -3.06. The first kappa shape index (κ1) is 27.2. The minimum absolute atomic E-state index is 0.0504. The van der Waals surface area contributed by atoms with Crippen LogP contribution in [0, 0.1) is 5.82 Å². The Bertz CT molecular complexity index is 1240. The molecule has 0 radical (unpaired) electrons. The number of esters is 2. The standard InChI is InChI=1S/C20H17ClF4N2O6S/c1-4-17(29)32-5-6-33-18(30)10(2)34-14-8-13(12(22)7-11(14)21)27-16(28)9-15(20(23,24)25)26(3)19(27)31/h4,7-10H,1,5-6H2,2-3H3. The van der Waals surface area contributed by atoms with Crippen molar-refractivity contribution < 1.29 is 36.6 Å². The van der Waals surface area contributed by atoms with Crippen LogP contribution in [0.1, 0.15) is 12.6 Å². The smallest absolute Gasteiger partial charge is 0.431 e. The molecule has 184 valence electrons. The molecule has 0 aliphatic carbocycles. The predicted octanol–water partition coefficient (Wildman–Crippen LogP) is 3.10. The van der Waals surface area contributed by atoms with E-state index >= 15 is 0 Å². The molecule has 2 aromatic rings. The minimum atomic E-state index is -4.98. The molecule has 0 N–H and O–H groups in total. The van der Waals surface area contributed by atoms with E-state index in [0.29, 0.717) is 0 Å². The number of rotatable bonds is 8. The lowest BCUT2D eigenvalue weighted by Crippen LogP contribution is -2.41. The number of benzene rings is 1. The molecule has 0 aliphatic heterocycles. The van der Waals surface area contributed by atoms with Crippen LogP contribution >= 0.6 is 23.4 Å². The summed E-state index contributed by atoms with van der Waals surface area (Å²) in [4.78, 5) is 47.9. The SMILES string of the molecule is C=CC(=O)OCCOC(=O)C(C)Sc1cc(-n2c(=O)cc(C(F)(F)F)n(C)c2=O)c(F)cc1Cl. The molecule has 0 spiro atoms. The van der Waals surface area contributed by atoms with Crippen LogP contribution in [-0.2, 0) is 32.3 Å². The van der Waals surface area contributed by atoms with Crippen molar-refractivity contribution in [2.45, 2.75) is 23.2 Å². The Labute approximate surface area is 198 Å². The van der Waals surface area contributed by atoms with Crippen LogP contribution in [0.25, 0.3) is 5.69 Å². The van der Waals surface area contributed by atoms with Gasteiger partial charge in [-0.25, -0.2) is 18.5 Å². The number of nitrogens with zero attached hydrogens (tertiary/aromatic N) is 2. The number of hydrogen-bond donors (Lipinski definition) is 0. The van der Waals surface area contributed by atoms with Gasteiger partial charge in [0.05, 0.1) is 10.7 Å². The lowest BCUT2D eigenvalue weighted by molar-refractivity contribution is -0.148. The molecule has 1 atom stereocenters. The van der Waals surface area contributed by atoms with Crippen molar-refractivity contribution in [2.75, 3.05) is 13.2 Å². The van der Waals surface area contributed by atoms with Crippen LogP contribution in [0.15, 0.2) is 45.3 Å². The zero-order valence-electron chi connectivity index (χ0n) is 17.7. The van der Waals surface area contributed by atoms with Crippen LogP contribution in [0.5, 0.6) is 0 Å². The first-order valence-corrected chi connectivity index (χ1v) is 10.6. The topological polar surface area (TPSA) is 96.6 Å². The van der Waals surface area contributed by atoms with Crippen molar-refractivity contribution in [3.8, 4) is 5.69 Å². The Morgan fingerprint density at radius 1 is 1.21 bits per heavy atom. The summed E-state index contributed by atoms with van der Waals surface area (Å²) in [6.07, 6.45) is -4.05. The van der Waals surface area contributed by atoms with Gasteiger partial charge in [0.2, 0.25) is 0 Å². The number of carbonyl (C=O) groups excluding carboxylic acids is 2. The van der Waals surface area contributed by atoms with E-state index in [-0.39, 0.29) is 38.3 Å². The summed E-state index contributed by atoms with van der Waals surface area (Å²) in [5.74, 6) is -2.59. The fraction of sp³-hybridized carbons (Fsp3) is 0.300. The first-order chi connectivity index (χ1) is 15.8. The molecule has 2 rings (SSSR count). The normalized spacial score (nSPS) is 12.2. The quantitative estimate of drug-likeness (QED) is 0.172. The zero-order valence-corrected chi connectivity index (χ0v) is 19.2. The van der Waals surface area contributed by atoms with Gasteiger partial charge >= 0.3 is 23.8 Å². The molecule has 1 unspecified atom stereocenters. The number of halogens is 5. The van der Waals surface area contributed by atoms with Crippen molar-refractivity contribution in [2.24, 2.45) is 7.05 Å². The maximum Gasteiger partial charge on any atom is 0.431 e. The molecule has 14 heteroatoms. The van der Waals surface area contributed by atoms with E-state index in [1.165, 1.54) is 6.92 Å². The highest BCUT2D eigenvalue weighted by Gasteiger charge is 2.35. The molecule has 1 aromatic carbocycles. The molecule has 34 heavy (non-hydrogen) atoms. The summed E-state index contributed by atoms with van der Waals surface area (Å²) in [5, 5.41) is -1.10. The summed E-state index contributed by atoms with van der Waals surface area (Å²) in [6.45, 7) is 4.17. The van der Waals surface area contributed by atoms with E-state index < -0.39 is 51.8 Å². The molecule has 0 bridgehead atoms. The highest BCUT2D eigenvalue weighted by Crippen LogP contribution is 2.34. The van der Waals surface area contributed by atoms with Crippen LogP contribution < -0.4 is 11.2 Å². The molecule has 0 amide bonds. The number of hydrogen-bond acceptors (Lipinski definition) is 7. The third-order valence-corrected chi connectivity index (χ3v) is 5.79. The summed E-state index contributed by atoms with van der Waals surface area (Å²) in [7, 11) is 0.787. The zero-order chi connectivity index (χ0) is 25.8. The van der Waals surface area contributed by atoms with Gasteiger partial charge < -0.3 is 9.47 Å². The van der Waals surface area contributed by atoms with Gasteiger partial charge in [0.1, 0.15) is 30.0 Å². The average Bonchev–Trinajstić information content (AvgIpc) is 2.75. The van der Waals surface area contributed by atoms with Crippen molar-refractivity contribution in [3.63, 3.8) is 0 Å². The Morgan fingerprint density at radius 2 is 1.82 bits per heavy atom. The molecule has 1 heterocycles. The number of carbonyl (C=O) groups is 2. The van der Waals surface area contributed by atoms with Gasteiger partial charge in [-0.15, -0.1) is 11.8 Å². The molecule has 0 aliphatic rings. The van der Waals surface area contributed by atoms with Gasteiger partial charge in [-0.1, -0.05) is 18.2 Å². The molecule has 8 nitrogen and oxygen atoms in total. The van der Waals surface area contributed by atoms with E-state index in [9.17, 15) is 36.7 Å². The fourth-order valence-electron chi connectivity index (χ4n) is 2.60. The van der Waals surface area contributed by atoms with E-state index in [1.807, 2.05) is 0 Å². The Balaban J connectivity index is 2.33. The van der Waals surface area contributed by atoms with Gasteiger partial charge in [0, 0.05) is 24.1 Å². The molecular formula is C20H17ClF4N2O6S. The average molecular weight is 525 g/mol. The van der Waals surface area contributed by atoms with Crippen molar-refractivity contribution in [1.82, 2.24) is 9.13 Å². The minimum Gasteiger partial charge on any atom is -0.461 e. The van der Waals surface area contributed by atoms with Gasteiger partial charge in [0.25, 0.3) is 5.56 Å². The van der Waals surface area contributed by atoms with Gasteiger partial charge in [-0.3, -0.25) is 14.2 Å². The summed E-state index contributed by atoms with van der Waals surface area (Å²) in [5.41, 5.74) is -4.99. The lowest BCUT2D eigenvalue weighted by Gasteiger charge is -2.16. The van der Waals surface area contributed by atoms with E-state index in [0.717, 1.165) is 37.0 Å². The number of aromatic nitrogens is 2. The fourth-order valence-corrected chi connectivity index (χ4v) is 3.78. The van der Waals surface area contributed by atoms with Gasteiger partial charge in [-0.05, 0) is 19.1 Å². The van der Waals surface area contributed by atoms with Crippen LogP contribution in [-0.4, -0.2) is 39.5 Å². The third-order valence-electron chi connectivity index (χ3n) is 4.23. The molecule has 0 saturated heterocycles. The first-order valence-electron chi connectivity index (χ1n) is 9.30. The lowest BCUT2D eigenvalue weighted by atomic mass is 10.3. The van der Waals surface area contributed by atoms with Crippen LogP contribution in [0.4, 0.5) is 17.6 Å². The second-order valence-corrected chi connectivity index (χ2v) is 8.37. The molecular weight excluding hydrogens is 508 g/mol. The van der Waals surface area contributed by atoms with Crippen LogP contribution in [0.3, 0.4) is 0 Å². The number of thioether (sulfide) groups is 1. The molecule has 0 saturated carbocycles. The number of alkyl halides is 3. The summed E-state index contributed by atoms with van der Waals surface area (Å²) >= 11 is 6.80. The van der Waals surface area contributed by atoms with E-state index in [4.69, 9.17) is 16.3 Å². The second-order valence-electron chi connectivity index (χ2n) is 6.58. The van der Waals surface area contributed by atoms with Gasteiger partial charge in [-0.2, -0.15) is 13.2 Å². The monoisotopic (exact) mass is 524 g/mol.